The smallest absolute Gasteiger partial charge is 0.258 e. The number of aryl methyl sites for hydroxylation is 1. The molecular weight excluding hydrogens is 310 g/mol. The number of para-hydroxylation sites is 1. The van der Waals surface area contributed by atoms with E-state index in [1.807, 2.05) is 29.2 Å². The van der Waals surface area contributed by atoms with E-state index in [0.717, 1.165) is 17.7 Å². The molecule has 2 heterocycles. The number of rotatable bonds is 4. The Morgan fingerprint density at radius 1 is 1.24 bits per heavy atom. The topological polar surface area (TPSA) is 37.3 Å². The lowest BCUT2D eigenvalue weighted by Crippen LogP contribution is -2.47. The number of nitrogens with zero attached hydrogens (tertiary/aromatic N) is 2. The largest absolute Gasteiger partial charge is 0.361 e. The maximum Gasteiger partial charge on any atom is 0.258 e. The number of aromatic nitrogens is 1. The van der Waals surface area contributed by atoms with Crippen LogP contribution in [0.3, 0.4) is 0 Å². The molecule has 0 bridgehead atoms. The summed E-state index contributed by atoms with van der Waals surface area (Å²) in [5.74, 6) is 0.130. The van der Waals surface area contributed by atoms with Crippen molar-refractivity contribution in [3.05, 3.63) is 52.8 Å². The number of carbonyl (C=O) groups is 1. The van der Waals surface area contributed by atoms with E-state index in [-0.39, 0.29) is 18.1 Å². The Labute approximate surface area is 149 Å². The maximum atomic E-state index is 13.2. The number of carbonyl (C=O) groups excluding carboxylic acids is 1. The predicted molar refractivity (Wildman–Crippen MR) is 101 cm³/mol. The molecule has 132 valence electrons. The average molecular weight is 337 g/mol. The van der Waals surface area contributed by atoms with E-state index in [4.69, 9.17) is 0 Å². The first kappa shape index (κ1) is 16.2. The number of amides is 1. The number of fused-ring (bicyclic) bond motifs is 1. The van der Waals surface area contributed by atoms with Gasteiger partial charge in [-0.2, -0.15) is 0 Å². The number of benzene rings is 1. The van der Waals surface area contributed by atoms with Crippen LogP contribution in [0.1, 0.15) is 72.6 Å². The number of nitrogens with one attached hydrogen (secondary N) is 1. The minimum Gasteiger partial charge on any atom is -0.361 e. The molecule has 0 unspecified atom stereocenters. The van der Waals surface area contributed by atoms with Crippen molar-refractivity contribution in [2.75, 3.05) is 5.32 Å². The molecule has 1 aromatic carbocycles. The van der Waals surface area contributed by atoms with Crippen LogP contribution in [0.15, 0.2) is 30.3 Å². The normalized spacial score (nSPS) is 21.0. The molecule has 1 saturated carbocycles. The van der Waals surface area contributed by atoms with Gasteiger partial charge < -0.3 is 14.8 Å². The number of hydrogen-bond acceptors (Lipinski definition) is 2. The highest BCUT2D eigenvalue weighted by Gasteiger charge is 2.38. The first-order chi connectivity index (χ1) is 12.0. The van der Waals surface area contributed by atoms with Gasteiger partial charge in [0.2, 0.25) is 0 Å². The second-order valence-electron chi connectivity index (χ2n) is 7.49. The van der Waals surface area contributed by atoms with Crippen molar-refractivity contribution >= 4 is 11.6 Å². The maximum absolute atomic E-state index is 13.2. The van der Waals surface area contributed by atoms with Gasteiger partial charge in [0.25, 0.3) is 5.91 Å². The molecule has 2 aromatic rings. The summed E-state index contributed by atoms with van der Waals surface area (Å²) in [6.45, 7) is 8.66. The summed E-state index contributed by atoms with van der Waals surface area (Å²) < 4.78 is 2.46. The lowest BCUT2D eigenvalue weighted by Gasteiger charge is -2.41. The van der Waals surface area contributed by atoms with Gasteiger partial charge in [-0.25, -0.2) is 0 Å². The quantitative estimate of drug-likeness (QED) is 0.870. The highest BCUT2D eigenvalue weighted by Crippen LogP contribution is 2.42. The minimum absolute atomic E-state index is 0.101. The van der Waals surface area contributed by atoms with Crippen LogP contribution < -0.4 is 5.32 Å². The summed E-state index contributed by atoms with van der Waals surface area (Å²) >= 11 is 0. The second kappa shape index (κ2) is 5.94. The molecule has 2 aliphatic rings. The molecule has 4 heteroatoms. The second-order valence-corrected chi connectivity index (χ2v) is 7.49. The molecule has 25 heavy (non-hydrogen) atoms. The Morgan fingerprint density at radius 3 is 2.64 bits per heavy atom. The van der Waals surface area contributed by atoms with Gasteiger partial charge in [0.05, 0.1) is 5.56 Å². The average Bonchev–Trinajstić information content (AvgIpc) is 3.39. The first-order valence-corrected chi connectivity index (χ1v) is 9.39. The molecule has 2 atom stereocenters. The van der Waals surface area contributed by atoms with Crippen LogP contribution in [0.4, 0.5) is 5.69 Å². The third-order valence-corrected chi connectivity index (χ3v) is 5.76. The summed E-state index contributed by atoms with van der Waals surface area (Å²) in [7, 11) is 0. The lowest BCUT2D eigenvalue weighted by molar-refractivity contribution is 0.0593. The van der Waals surface area contributed by atoms with Crippen molar-refractivity contribution in [1.29, 1.82) is 0 Å². The van der Waals surface area contributed by atoms with E-state index < -0.39 is 0 Å². The van der Waals surface area contributed by atoms with Gasteiger partial charge in [-0.05, 0) is 58.2 Å². The molecule has 1 N–H and O–H groups in total. The molecule has 1 fully saturated rings. The highest BCUT2D eigenvalue weighted by molar-refractivity contribution is 6.01. The van der Waals surface area contributed by atoms with Crippen LogP contribution in [-0.2, 0) is 0 Å². The monoisotopic (exact) mass is 337 g/mol. The summed E-state index contributed by atoms with van der Waals surface area (Å²) in [6, 6.07) is 11.0. The zero-order valence-electron chi connectivity index (χ0n) is 15.5. The molecular formula is C21H27N3O. The molecule has 0 radical (unpaired) electrons. The fourth-order valence-electron chi connectivity index (χ4n) is 4.12. The summed E-state index contributed by atoms with van der Waals surface area (Å²) in [6.07, 6.45) is 3.37. The number of hydrogen-bond donors (Lipinski definition) is 1. The van der Waals surface area contributed by atoms with Crippen molar-refractivity contribution in [2.45, 2.75) is 65.2 Å². The number of anilines is 1. The summed E-state index contributed by atoms with van der Waals surface area (Å²) in [4.78, 5) is 15.3. The molecule has 1 aliphatic heterocycles. The minimum atomic E-state index is -0.101. The van der Waals surface area contributed by atoms with Crippen molar-refractivity contribution in [2.24, 2.45) is 0 Å². The molecule has 0 spiro atoms. The molecule has 4 rings (SSSR count). The highest BCUT2D eigenvalue weighted by atomic mass is 16.2. The van der Waals surface area contributed by atoms with Gasteiger partial charge in [0.1, 0.15) is 6.17 Å². The Morgan fingerprint density at radius 2 is 1.96 bits per heavy atom. The Kier molecular flexibility index (Phi) is 3.86. The van der Waals surface area contributed by atoms with Crippen LogP contribution in [-0.4, -0.2) is 21.4 Å². The predicted octanol–water partition coefficient (Wildman–Crippen LogP) is 4.80. The summed E-state index contributed by atoms with van der Waals surface area (Å²) in [5, 5.41) is 3.64. The zero-order chi connectivity index (χ0) is 17.7. The van der Waals surface area contributed by atoms with Crippen molar-refractivity contribution < 1.29 is 4.79 Å². The van der Waals surface area contributed by atoms with Crippen molar-refractivity contribution in [3.8, 4) is 0 Å². The first-order valence-electron chi connectivity index (χ1n) is 9.39. The molecule has 1 aromatic heterocycles. The Balaban J connectivity index is 1.82. The van der Waals surface area contributed by atoms with Crippen LogP contribution in [0.5, 0.6) is 0 Å². The standard InChI is InChI=1S/C21H27N3O/c1-5-13(2)24-20(22-19-9-7-6-8-17(19)21(24)25)18-12-14(3)23(15(18)4)16-10-11-16/h6-9,12-13,16,20,22H,5,10-11H2,1-4H3/t13-,20-/m1/s1. The summed E-state index contributed by atoms with van der Waals surface area (Å²) in [5.41, 5.74) is 5.53. The third-order valence-electron chi connectivity index (χ3n) is 5.76. The van der Waals surface area contributed by atoms with Crippen LogP contribution in [0.25, 0.3) is 0 Å². The van der Waals surface area contributed by atoms with E-state index >= 15 is 0 Å². The van der Waals surface area contributed by atoms with Crippen molar-refractivity contribution in [1.82, 2.24) is 9.47 Å². The fourth-order valence-corrected chi connectivity index (χ4v) is 4.12. The van der Waals surface area contributed by atoms with E-state index in [1.165, 1.54) is 29.8 Å². The van der Waals surface area contributed by atoms with Gasteiger partial charge in [0, 0.05) is 34.7 Å². The van der Waals surface area contributed by atoms with E-state index in [1.54, 1.807) is 0 Å². The van der Waals surface area contributed by atoms with Crippen LogP contribution in [0.2, 0.25) is 0 Å². The SMILES string of the molecule is CC[C@@H](C)N1C(=O)c2ccccc2N[C@H]1c1cc(C)n(C2CC2)c1C. The molecule has 0 saturated heterocycles. The van der Waals surface area contributed by atoms with E-state index in [2.05, 4.69) is 43.6 Å². The van der Waals surface area contributed by atoms with E-state index in [9.17, 15) is 4.79 Å². The van der Waals surface area contributed by atoms with Crippen molar-refractivity contribution in [3.63, 3.8) is 0 Å². The fraction of sp³-hybridized carbons (Fsp3) is 0.476. The Bertz CT molecular complexity index is 819. The van der Waals surface area contributed by atoms with Crippen LogP contribution in [0, 0.1) is 13.8 Å². The van der Waals surface area contributed by atoms with Gasteiger partial charge in [-0.15, -0.1) is 0 Å². The zero-order valence-corrected chi connectivity index (χ0v) is 15.5. The third kappa shape index (κ3) is 2.55. The Hall–Kier alpha value is -2.23. The van der Waals surface area contributed by atoms with E-state index in [0.29, 0.717) is 6.04 Å². The van der Waals surface area contributed by atoms with Gasteiger partial charge >= 0.3 is 0 Å². The molecule has 1 amide bonds. The lowest BCUT2D eigenvalue weighted by atomic mass is 10.0. The van der Waals surface area contributed by atoms with Gasteiger partial charge in [0.15, 0.2) is 0 Å². The molecule has 4 nitrogen and oxygen atoms in total. The van der Waals surface area contributed by atoms with Gasteiger partial charge in [-0.1, -0.05) is 19.1 Å². The van der Waals surface area contributed by atoms with Crippen LogP contribution >= 0.6 is 0 Å². The van der Waals surface area contributed by atoms with Gasteiger partial charge in [-0.3, -0.25) is 4.79 Å². The molecule has 1 aliphatic carbocycles.